The fraction of sp³-hybridized carbons (Fsp3) is 0.192. The highest BCUT2D eigenvalue weighted by molar-refractivity contribution is 6.45. The third-order valence-corrected chi connectivity index (χ3v) is 5.40. The lowest BCUT2D eigenvalue weighted by atomic mass is 10.0. The SMILES string of the molecule is COCCNC(=O)C(c1ccccc1)N(C(=O)C(=O)Nc1ccccc1F)c1ccc2c(c1)OCO2. The predicted octanol–water partition coefficient (Wildman–Crippen LogP) is 3.03. The Morgan fingerprint density at radius 1 is 1.00 bits per heavy atom. The summed E-state index contributed by atoms with van der Waals surface area (Å²) in [4.78, 5) is 41.1. The van der Waals surface area contributed by atoms with Gasteiger partial charge in [-0.25, -0.2) is 4.39 Å². The first kappa shape index (κ1) is 24.7. The van der Waals surface area contributed by atoms with Crippen LogP contribution in [0.5, 0.6) is 11.5 Å². The molecular weight excluding hydrogens is 469 g/mol. The minimum Gasteiger partial charge on any atom is -0.454 e. The van der Waals surface area contributed by atoms with Gasteiger partial charge in [0, 0.05) is 25.4 Å². The van der Waals surface area contributed by atoms with E-state index in [4.69, 9.17) is 14.2 Å². The van der Waals surface area contributed by atoms with E-state index in [1.54, 1.807) is 42.5 Å². The van der Waals surface area contributed by atoms with E-state index in [1.807, 2.05) is 0 Å². The van der Waals surface area contributed by atoms with Gasteiger partial charge in [-0.2, -0.15) is 0 Å². The molecule has 0 bridgehead atoms. The van der Waals surface area contributed by atoms with E-state index in [2.05, 4.69) is 10.6 Å². The number of halogens is 1. The summed E-state index contributed by atoms with van der Waals surface area (Å²) in [5.41, 5.74) is 0.503. The molecule has 3 aromatic carbocycles. The van der Waals surface area contributed by atoms with E-state index in [0.29, 0.717) is 17.1 Å². The largest absolute Gasteiger partial charge is 0.454 e. The molecule has 4 rings (SSSR count). The van der Waals surface area contributed by atoms with Crippen molar-refractivity contribution < 1.29 is 33.0 Å². The second-order valence-electron chi connectivity index (χ2n) is 7.74. The summed E-state index contributed by atoms with van der Waals surface area (Å²) in [5, 5.41) is 5.03. The molecule has 1 aliphatic heterocycles. The van der Waals surface area contributed by atoms with Crippen LogP contribution in [0.4, 0.5) is 15.8 Å². The molecule has 1 aliphatic rings. The molecule has 3 aromatic rings. The van der Waals surface area contributed by atoms with Crippen molar-refractivity contribution in [2.24, 2.45) is 0 Å². The first-order valence-electron chi connectivity index (χ1n) is 11.1. The smallest absolute Gasteiger partial charge is 0.317 e. The van der Waals surface area contributed by atoms with Crippen molar-refractivity contribution in [3.05, 3.63) is 84.2 Å². The summed E-state index contributed by atoms with van der Waals surface area (Å²) >= 11 is 0. The van der Waals surface area contributed by atoms with Gasteiger partial charge >= 0.3 is 11.8 Å². The Hall–Kier alpha value is -4.44. The summed E-state index contributed by atoms with van der Waals surface area (Å²) in [5.74, 6) is -2.63. The molecule has 0 saturated carbocycles. The number of para-hydroxylation sites is 1. The van der Waals surface area contributed by atoms with Gasteiger partial charge < -0.3 is 24.8 Å². The van der Waals surface area contributed by atoms with E-state index in [9.17, 15) is 18.8 Å². The van der Waals surface area contributed by atoms with Crippen LogP contribution in [0.15, 0.2) is 72.8 Å². The van der Waals surface area contributed by atoms with Crippen molar-refractivity contribution >= 4 is 29.1 Å². The van der Waals surface area contributed by atoms with Crippen LogP contribution in [0.3, 0.4) is 0 Å². The Morgan fingerprint density at radius 3 is 2.47 bits per heavy atom. The van der Waals surface area contributed by atoms with E-state index < -0.39 is 29.6 Å². The van der Waals surface area contributed by atoms with Crippen LogP contribution in [0, 0.1) is 5.82 Å². The molecule has 1 atom stereocenters. The topological polar surface area (TPSA) is 106 Å². The van der Waals surface area contributed by atoms with Gasteiger partial charge in [0.2, 0.25) is 12.7 Å². The van der Waals surface area contributed by atoms with Crippen LogP contribution in [0.1, 0.15) is 11.6 Å². The number of anilines is 2. The third kappa shape index (κ3) is 5.44. The molecular formula is C26H24FN3O6. The van der Waals surface area contributed by atoms with Gasteiger partial charge in [-0.05, 0) is 29.8 Å². The fourth-order valence-electron chi connectivity index (χ4n) is 3.69. The number of nitrogens with one attached hydrogen (secondary N) is 2. The minimum absolute atomic E-state index is 0.000120. The van der Waals surface area contributed by atoms with Crippen molar-refractivity contribution in [1.82, 2.24) is 5.32 Å². The highest BCUT2D eigenvalue weighted by atomic mass is 19.1. The number of methoxy groups -OCH3 is 1. The second-order valence-corrected chi connectivity index (χ2v) is 7.74. The lowest BCUT2D eigenvalue weighted by molar-refractivity contribution is -0.135. The van der Waals surface area contributed by atoms with Gasteiger partial charge in [0.15, 0.2) is 11.5 Å². The zero-order valence-electron chi connectivity index (χ0n) is 19.4. The number of hydrogen-bond donors (Lipinski definition) is 2. The number of amides is 3. The summed E-state index contributed by atoms with van der Waals surface area (Å²) in [6.45, 7) is 0.433. The number of benzene rings is 3. The number of carbonyl (C=O) groups excluding carboxylic acids is 3. The van der Waals surface area contributed by atoms with Gasteiger partial charge in [-0.15, -0.1) is 0 Å². The predicted molar refractivity (Wildman–Crippen MR) is 129 cm³/mol. The quantitative estimate of drug-likeness (QED) is 0.369. The molecule has 1 unspecified atom stereocenters. The number of ether oxygens (including phenoxy) is 3. The van der Waals surface area contributed by atoms with Crippen molar-refractivity contribution in [3.63, 3.8) is 0 Å². The summed E-state index contributed by atoms with van der Waals surface area (Å²) < 4.78 is 30.0. The van der Waals surface area contributed by atoms with Crippen LogP contribution in [0.2, 0.25) is 0 Å². The molecule has 0 aliphatic carbocycles. The van der Waals surface area contributed by atoms with Crippen LogP contribution >= 0.6 is 0 Å². The number of carbonyl (C=O) groups is 3. The van der Waals surface area contributed by atoms with Crippen LogP contribution in [0.25, 0.3) is 0 Å². The maximum absolute atomic E-state index is 14.2. The highest BCUT2D eigenvalue weighted by Crippen LogP contribution is 2.38. The zero-order valence-corrected chi connectivity index (χ0v) is 19.4. The first-order valence-corrected chi connectivity index (χ1v) is 11.1. The highest BCUT2D eigenvalue weighted by Gasteiger charge is 2.36. The maximum atomic E-state index is 14.2. The Morgan fingerprint density at radius 2 is 1.72 bits per heavy atom. The van der Waals surface area contributed by atoms with E-state index in [1.165, 1.54) is 31.4 Å². The molecule has 36 heavy (non-hydrogen) atoms. The molecule has 186 valence electrons. The Labute approximate surface area is 206 Å². The Bertz CT molecular complexity index is 1250. The van der Waals surface area contributed by atoms with Gasteiger partial charge in [0.25, 0.3) is 0 Å². The molecule has 10 heteroatoms. The van der Waals surface area contributed by atoms with E-state index in [0.717, 1.165) is 11.0 Å². The fourth-order valence-corrected chi connectivity index (χ4v) is 3.69. The molecule has 0 aromatic heterocycles. The van der Waals surface area contributed by atoms with Crippen molar-refractivity contribution in [2.75, 3.05) is 37.3 Å². The van der Waals surface area contributed by atoms with Crippen molar-refractivity contribution in [2.45, 2.75) is 6.04 Å². The van der Waals surface area contributed by atoms with Crippen molar-refractivity contribution in [1.29, 1.82) is 0 Å². The van der Waals surface area contributed by atoms with Crippen LogP contribution < -0.4 is 25.0 Å². The van der Waals surface area contributed by atoms with Crippen molar-refractivity contribution in [3.8, 4) is 11.5 Å². The standard InChI is InChI=1S/C26H24FN3O6/c1-34-14-13-28-24(31)23(17-7-3-2-4-8-17)30(18-11-12-21-22(15-18)36-16-35-21)26(33)25(32)29-20-10-6-5-9-19(20)27/h2-12,15,23H,13-14,16H2,1H3,(H,28,31)(H,29,32). The van der Waals surface area contributed by atoms with Gasteiger partial charge in [0.05, 0.1) is 12.3 Å². The normalized spacial score (nSPS) is 12.5. The molecule has 0 spiro atoms. The number of hydrogen-bond acceptors (Lipinski definition) is 6. The minimum atomic E-state index is -1.23. The number of fused-ring (bicyclic) bond motifs is 1. The second kappa shape index (κ2) is 11.3. The summed E-state index contributed by atoms with van der Waals surface area (Å²) in [7, 11) is 1.50. The summed E-state index contributed by atoms with van der Waals surface area (Å²) in [6, 6.07) is 17.4. The molecule has 2 N–H and O–H groups in total. The Balaban J connectivity index is 1.76. The average Bonchev–Trinajstić information content (AvgIpc) is 3.36. The summed E-state index contributed by atoms with van der Waals surface area (Å²) in [6.07, 6.45) is 0. The van der Waals surface area contributed by atoms with Crippen LogP contribution in [-0.2, 0) is 19.1 Å². The molecule has 1 heterocycles. The monoisotopic (exact) mass is 493 g/mol. The molecule has 9 nitrogen and oxygen atoms in total. The Kier molecular flexibility index (Phi) is 7.76. The van der Waals surface area contributed by atoms with E-state index in [-0.39, 0.29) is 31.3 Å². The molecule has 0 saturated heterocycles. The third-order valence-electron chi connectivity index (χ3n) is 5.40. The molecule has 3 amide bonds. The first-order chi connectivity index (χ1) is 17.5. The average molecular weight is 493 g/mol. The van der Waals surface area contributed by atoms with Crippen LogP contribution in [-0.4, -0.2) is 44.8 Å². The number of nitrogens with zero attached hydrogens (tertiary/aromatic N) is 1. The maximum Gasteiger partial charge on any atom is 0.317 e. The van der Waals surface area contributed by atoms with Gasteiger partial charge in [-0.1, -0.05) is 42.5 Å². The zero-order chi connectivity index (χ0) is 25.5. The molecule has 0 radical (unpaired) electrons. The molecule has 0 fully saturated rings. The lowest BCUT2D eigenvalue weighted by Gasteiger charge is -2.31. The lowest BCUT2D eigenvalue weighted by Crippen LogP contribution is -2.48. The van der Waals surface area contributed by atoms with Gasteiger partial charge in [0.1, 0.15) is 11.9 Å². The number of rotatable bonds is 8. The van der Waals surface area contributed by atoms with Gasteiger partial charge in [-0.3, -0.25) is 19.3 Å². The van der Waals surface area contributed by atoms with E-state index >= 15 is 0 Å².